The molecule has 1 aromatic heterocycles. The molecule has 0 bridgehead atoms. The van der Waals surface area contributed by atoms with Gasteiger partial charge in [-0.1, -0.05) is 70.3 Å². The molecular weight excluding hydrogens is 650 g/mol. The molecule has 13 heteroatoms. The minimum atomic E-state index is -1.21. The molecule has 210 valence electrons. The highest BCUT2D eigenvalue weighted by atomic mass is 79.9. The molecule has 0 atom stereocenters. The summed E-state index contributed by atoms with van der Waals surface area (Å²) >= 11 is 11.3. The van der Waals surface area contributed by atoms with Gasteiger partial charge in [-0.2, -0.15) is 0 Å². The Morgan fingerprint density at radius 3 is 2.59 bits per heavy atom. The SMILES string of the molecule is CCN1C(=CC=CC=c2oc(=C3SC(=S)N(CC(=O)O)C3=O)n(COc3ccccc3)c2=O)Sc2ccc(Br)cc21. The number of carbonyl (C=O) groups excluding carboxylic acids is 1. The van der Waals surface area contributed by atoms with E-state index in [9.17, 15) is 19.5 Å². The topological polar surface area (TPSA) is 105 Å². The summed E-state index contributed by atoms with van der Waals surface area (Å²) < 4.78 is 13.9. The lowest BCUT2D eigenvalue weighted by atomic mass is 10.3. The van der Waals surface area contributed by atoms with Gasteiger partial charge in [-0.3, -0.25) is 19.3 Å². The Kier molecular flexibility index (Phi) is 8.88. The average molecular weight is 673 g/mol. The molecule has 9 nitrogen and oxygen atoms in total. The van der Waals surface area contributed by atoms with Crippen LogP contribution in [0, 0.1) is 0 Å². The first-order valence-corrected chi connectivity index (χ1v) is 15.1. The maximum absolute atomic E-state index is 13.4. The number of aromatic nitrogens is 1. The van der Waals surface area contributed by atoms with Gasteiger partial charge in [0.1, 0.15) is 21.5 Å². The van der Waals surface area contributed by atoms with E-state index in [4.69, 9.17) is 21.4 Å². The number of carboxylic acid groups (broad SMARTS) is 1. The molecular formula is C28H22BrN3O6S3. The summed E-state index contributed by atoms with van der Waals surface area (Å²) in [5.74, 6) is -1.34. The first-order valence-electron chi connectivity index (χ1n) is 12.3. The van der Waals surface area contributed by atoms with Crippen LogP contribution in [0.15, 0.2) is 90.4 Å². The van der Waals surface area contributed by atoms with Crippen LogP contribution >= 0.6 is 51.7 Å². The second kappa shape index (κ2) is 12.6. The molecule has 0 aliphatic carbocycles. The Morgan fingerprint density at radius 1 is 1.10 bits per heavy atom. The highest BCUT2D eigenvalue weighted by Gasteiger charge is 2.36. The van der Waals surface area contributed by atoms with Crippen LogP contribution in [-0.2, 0) is 16.3 Å². The number of para-hydroxylation sites is 1. The van der Waals surface area contributed by atoms with E-state index in [1.807, 2.05) is 24.3 Å². The number of amides is 1. The number of anilines is 1. The smallest absolute Gasteiger partial charge is 0.323 e. The van der Waals surface area contributed by atoms with E-state index in [2.05, 4.69) is 39.9 Å². The maximum atomic E-state index is 13.4. The van der Waals surface area contributed by atoms with Crippen LogP contribution in [0.5, 0.6) is 5.75 Å². The molecule has 1 N–H and O–H groups in total. The van der Waals surface area contributed by atoms with Crippen molar-refractivity contribution in [1.82, 2.24) is 9.47 Å². The second-order valence-electron chi connectivity index (χ2n) is 8.59. The number of fused-ring (bicyclic) bond motifs is 1. The Hall–Kier alpha value is -3.52. The molecule has 5 rings (SSSR count). The first kappa shape index (κ1) is 29.0. The van der Waals surface area contributed by atoms with E-state index in [-0.39, 0.29) is 26.9 Å². The van der Waals surface area contributed by atoms with Crippen molar-refractivity contribution in [2.75, 3.05) is 18.0 Å². The number of benzene rings is 2. The lowest BCUT2D eigenvalue weighted by Crippen LogP contribution is -2.36. The Balaban J connectivity index is 1.50. The molecule has 1 saturated heterocycles. The monoisotopic (exact) mass is 671 g/mol. The highest BCUT2D eigenvalue weighted by molar-refractivity contribution is 9.10. The molecule has 0 spiro atoms. The summed E-state index contributed by atoms with van der Waals surface area (Å²) in [6.45, 7) is 2.04. The van der Waals surface area contributed by atoms with Crippen LogP contribution in [0.25, 0.3) is 11.0 Å². The molecule has 1 amide bonds. The third-order valence-corrected chi connectivity index (χ3v) is 9.00. The molecule has 2 aromatic carbocycles. The first-order chi connectivity index (χ1) is 19.8. The van der Waals surface area contributed by atoms with Crippen LogP contribution in [0.4, 0.5) is 5.69 Å². The molecule has 0 saturated carbocycles. The summed E-state index contributed by atoms with van der Waals surface area (Å²) in [7, 11) is 0. The number of aliphatic carboxylic acids is 1. The summed E-state index contributed by atoms with van der Waals surface area (Å²) in [6, 6.07) is 15.0. The molecule has 3 aromatic rings. The summed E-state index contributed by atoms with van der Waals surface area (Å²) in [5.41, 5.74) is 0.532. The molecule has 2 aliphatic rings. The zero-order valence-corrected chi connectivity index (χ0v) is 25.5. The van der Waals surface area contributed by atoms with E-state index < -0.39 is 24.0 Å². The quantitative estimate of drug-likeness (QED) is 0.352. The molecule has 2 aliphatic heterocycles. The van der Waals surface area contributed by atoms with Gasteiger partial charge in [-0.05, 0) is 61.2 Å². The van der Waals surface area contributed by atoms with E-state index in [0.29, 0.717) is 5.75 Å². The van der Waals surface area contributed by atoms with Crippen molar-refractivity contribution in [1.29, 1.82) is 0 Å². The van der Waals surface area contributed by atoms with E-state index >= 15 is 0 Å². The van der Waals surface area contributed by atoms with Gasteiger partial charge in [0.15, 0.2) is 12.1 Å². The maximum Gasteiger partial charge on any atom is 0.323 e. The molecule has 1 fully saturated rings. The number of nitrogens with zero attached hydrogens (tertiary/aromatic N) is 3. The number of oxazole rings is 1. The third kappa shape index (κ3) is 6.22. The predicted octanol–water partition coefficient (Wildman–Crippen LogP) is 4.10. The van der Waals surface area contributed by atoms with E-state index in [1.54, 1.807) is 42.1 Å². The largest absolute Gasteiger partial charge is 0.480 e. The average Bonchev–Trinajstić information content (AvgIpc) is 3.56. The van der Waals surface area contributed by atoms with Gasteiger partial charge >= 0.3 is 5.97 Å². The summed E-state index contributed by atoms with van der Waals surface area (Å²) in [5, 5.41) is 10.2. The van der Waals surface area contributed by atoms with Gasteiger partial charge in [0.2, 0.25) is 5.55 Å². The number of hydrogen-bond acceptors (Lipinski definition) is 9. The van der Waals surface area contributed by atoms with Gasteiger partial charge in [0.25, 0.3) is 11.5 Å². The Morgan fingerprint density at radius 2 is 1.85 bits per heavy atom. The van der Waals surface area contributed by atoms with E-state index in [1.165, 1.54) is 10.6 Å². The zero-order chi connectivity index (χ0) is 29.1. The second-order valence-corrected chi connectivity index (χ2v) is 12.2. The summed E-state index contributed by atoms with van der Waals surface area (Å²) in [4.78, 5) is 42.0. The Labute approximate surface area is 256 Å². The van der Waals surface area contributed by atoms with Crippen molar-refractivity contribution in [3.8, 4) is 5.75 Å². The van der Waals surface area contributed by atoms with Crippen LogP contribution in [0.3, 0.4) is 0 Å². The number of thioether (sulfide) groups is 2. The van der Waals surface area contributed by atoms with Crippen molar-refractivity contribution in [3.63, 3.8) is 0 Å². The lowest BCUT2D eigenvalue weighted by molar-refractivity contribution is -0.140. The number of thiocarbonyl (C=S) groups is 1. The standard InChI is InChI=1S/C28H22BrN3O6S3/c1-2-30-19-14-17(29)12-13-21(19)40-22(30)11-7-6-10-20-25(35)32(16-37-18-8-4-3-5-9-18)27(38-20)24-26(36)31(15-23(33)34)28(39)41-24/h3-14H,2,15-16H2,1H3,(H,33,34). The normalized spacial score (nSPS) is 17.8. The van der Waals surface area contributed by atoms with Crippen molar-refractivity contribution in [2.24, 2.45) is 0 Å². The van der Waals surface area contributed by atoms with E-state index in [0.717, 1.165) is 43.3 Å². The number of carboxylic acids is 1. The van der Waals surface area contributed by atoms with Gasteiger partial charge in [0.05, 0.1) is 10.7 Å². The number of hydrogen-bond donors (Lipinski definition) is 1. The lowest BCUT2D eigenvalue weighted by Gasteiger charge is -2.17. The molecule has 3 heterocycles. The number of rotatable bonds is 8. The molecule has 41 heavy (non-hydrogen) atoms. The minimum absolute atomic E-state index is 0.0145. The van der Waals surface area contributed by atoms with Gasteiger partial charge in [0, 0.05) is 15.9 Å². The highest BCUT2D eigenvalue weighted by Crippen LogP contribution is 2.46. The molecule has 0 radical (unpaired) electrons. The fourth-order valence-corrected chi connectivity index (χ4v) is 6.81. The number of carbonyl (C=O) groups is 2. The van der Waals surface area contributed by atoms with Crippen LogP contribution in [-0.4, -0.2) is 43.9 Å². The Bertz CT molecular complexity index is 1780. The number of allylic oxidation sites excluding steroid dienone is 3. The fraction of sp³-hybridized carbons (Fsp3) is 0.143. The van der Waals surface area contributed by atoms with Gasteiger partial charge < -0.3 is 19.2 Å². The minimum Gasteiger partial charge on any atom is -0.480 e. The summed E-state index contributed by atoms with van der Waals surface area (Å²) in [6.07, 6.45) is 6.96. The fourth-order valence-electron chi connectivity index (χ4n) is 4.08. The predicted molar refractivity (Wildman–Crippen MR) is 167 cm³/mol. The van der Waals surface area contributed by atoms with Crippen molar-refractivity contribution in [3.05, 3.63) is 97.6 Å². The van der Waals surface area contributed by atoms with Gasteiger partial charge in [-0.25, -0.2) is 4.57 Å². The zero-order valence-electron chi connectivity index (χ0n) is 21.5. The van der Waals surface area contributed by atoms with Crippen molar-refractivity contribution >= 4 is 84.5 Å². The van der Waals surface area contributed by atoms with Crippen molar-refractivity contribution < 1.29 is 23.8 Å². The van der Waals surface area contributed by atoms with Gasteiger partial charge in [-0.15, -0.1) is 0 Å². The third-order valence-electron chi connectivity index (χ3n) is 5.95. The van der Waals surface area contributed by atoms with Crippen molar-refractivity contribution in [2.45, 2.75) is 18.6 Å². The number of ether oxygens (including phenoxy) is 1. The number of halogens is 1. The van der Waals surface area contributed by atoms with Crippen LogP contribution < -0.4 is 26.2 Å². The van der Waals surface area contributed by atoms with Crippen LogP contribution in [0.1, 0.15) is 6.92 Å². The molecule has 0 unspecified atom stereocenters. The van der Waals surface area contributed by atoms with Crippen LogP contribution in [0.2, 0.25) is 0 Å².